The van der Waals surface area contributed by atoms with E-state index in [9.17, 15) is 9.59 Å². The van der Waals surface area contributed by atoms with Gasteiger partial charge < -0.3 is 15.1 Å². The first-order valence-electron chi connectivity index (χ1n) is 6.57. The maximum Gasteiger partial charge on any atom is 0.246 e. The third kappa shape index (κ3) is 1.82. The first-order chi connectivity index (χ1) is 8.62. The number of thioether (sulfide) groups is 1. The standard InChI is InChI=1S/C12H19N3O2S/c1-12-3-2-10(16)15(12)9(8-18-12)11(17)14-6-4-13-5-7-14/h9,13H,2-8H2,1H3. The second-order valence-electron chi connectivity index (χ2n) is 5.34. The van der Waals surface area contributed by atoms with Crippen molar-refractivity contribution in [2.45, 2.75) is 30.7 Å². The van der Waals surface area contributed by atoms with Gasteiger partial charge in [0.1, 0.15) is 6.04 Å². The van der Waals surface area contributed by atoms with Gasteiger partial charge in [0.15, 0.2) is 0 Å². The average Bonchev–Trinajstić information content (AvgIpc) is 2.87. The highest BCUT2D eigenvalue weighted by atomic mass is 32.2. The molecule has 3 aliphatic rings. The van der Waals surface area contributed by atoms with Crippen molar-refractivity contribution < 1.29 is 9.59 Å². The molecule has 100 valence electrons. The minimum atomic E-state index is -0.229. The Kier molecular flexibility index (Phi) is 3.02. The first kappa shape index (κ1) is 12.3. The molecule has 5 nitrogen and oxygen atoms in total. The van der Waals surface area contributed by atoms with Crippen LogP contribution in [0.1, 0.15) is 19.8 Å². The summed E-state index contributed by atoms with van der Waals surface area (Å²) in [5, 5.41) is 3.24. The van der Waals surface area contributed by atoms with Gasteiger partial charge in [-0.1, -0.05) is 0 Å². The van der Waals surface area contributed by atoms with Crippen molar-refractivity contribution in [2.24, 2.45) is 0 Å². The Labute approximate surface area is 111 Å². The van der Waals surface area contributed by atoms with E-state index in [1.54, 1.807) is 11.8 Å². The zero-order valence-electron chi connectivity index (χ0n) is 10.6. The molecule has 2 amide bonds. The van der Waals surface area contributed by atoms with E-state index in [1.807, 2.05) is 9.80 Å². The number of fused-ring (bicyclic) bond motifs is 1. The molecule has 2 unspecified atom stereocenters. The molecule has 0 aromatic carbocycles. The van der Waals surface area contributed by atoms with Crippen molar-refractivity contribution in [3.63, 3.8) is 0 Å². The Morgan fingerprint density at radius 2 is 2.17 bits per heavy atom. The quantitative estimate of drug-likeness (QED) is 0.720. The molecule has 0 saturated carbocycles. The predicted octanol–water partition coefficient (Wildman–Crippen LogP) is -0.128. The molecule has 1 N–H and O–H groups in total. The highest BCUT2D eigenvalue weighted by Gasteiger charge is 2.53. The van der Waals surface area contributed by atoms with Gasteiger partial charge in [-0.25, -0.2) is 0 Å². The topological polar surface area (TPSA) is 52.7 Å². The van der Waals surface area contributed by atoms with Crippen molar-refractivity contribution in [2.75, 3.05) is 31.9 Å². The lowest BCUT2D eigenvalue weighted by Gasteiger charge is -2.34. The monoisotopic (exact) mass is 269 g/mol. The van der Waals surface area contributed by atoms with Crippen LogP contribution in [0.4, 0.5) is 0 Å². The summed E-state index contributed by atoms with van der Waals surface area (Å²) in [6.45, 7) is 5.33. The number of amides is 2. The summed E-state index contributed by atoms with van der Waals surface area (Å²) in [5.41, 5.74) is 0. The van der Waals surface area contributed by atoms with E-state index in [-0.39, 0.29) is 22.7 Å². The number of nitrogens with zero attached hydrogens (tertiary/aromatic N) is 2. The van der Waals surface area contributed by atoms with Crippen LogP contribution in [-0.4, -0.2) is 64.5 Å². The number of carbonyl (C=O) groups is 2. The molecular formula is C12H19N3O2S. The van der Waals surface area contributed by atoms with E-state index in [1.165, 1.54) is 0 Å². The summed E-state index contributed by atoms with van der Waals surface area (Å²) in [6.07, 6.45) is 1.47. The van der Waals surface area contributed by atoms with Crippen LogP contribution in [0.5, 0.6) is 0 Å². The fraction of sp³-hybridized carbons (Fsp3) is 0.833. The zero-order chi connectivity index (χ0) is 12.8. The molecule has 0 aliphatic carbocycles. The van der Waals surface area contributed by atoms with E-state index < -0.39 is 0 Å². The molecule has 0 aromatic rings. The maximum atomic E-state index is 12.5. The van der Waals surface area contributed by atoms with Crippen molar-refractivity contribution in [3.05, 3.63) is 0 Å². The number of hydrogen-bond acceptors (Lipinski definition) is 4. The van der Waals surface area contributed by atoms with E-state index in [0.29, 0.717) is 6.42 Å². The summed E-state index contributed by atoms with van der Waals surface area (Å²) >= 11 is 1.76. The minimum Gasteiger partial charge on any atom is -0.338 e. The van der Waals surface area contributed by atoms with Crippen LogP contribution in [0, 0.1) is 0 Å². The molecule has 3 saturated heterocycles. The average molecular weight is 269 g/mol. The summed E-state index contributed by atoms with van der Waals surface area (Å²) in [7, 11) is 0. The first-order valence-corrected chi connectivity index (χ1v) is 7.56. The molecule has 2 atom stereocenters. The Balaban J connectivity index is 1.76. The van der Waals surface area contributed by atoms with Gasteiger partial charge in [0.05, 0.1) is 4.87 Å². The highest BCUT2D eigenvalue weighted by molar-refractivity contribution is 8.01. The molecule has 3 heterocycles. The number of rotatable bonds is 1. The Hall–Kier alpha value is -0.750. The number of nitrogens with one attached hydrogen (secondary N) is 1. The van der Waals surface area contributed by atoms with Gasteiger partial charge in [-0.3, -0.25) is 9.59 Å². The predicted molar refractivity (Wildman–Crippen MR) is 70.2 cm³/mol. The van der Waals surface area contributed by atoms with Crippen molar-refractivity contribution in [1.82, 2.24) is 15.1 Å². The lowest BCUT2D eigenvalue weighted by atomic mass is 10.2. The second-order valence-corrected chi connectivity index (χ2v) is 6.84. The third-order valence-electron chi connectivity index (χ3n) is 4.16. The lowest BCUT2D eigenvalue weighted by Crippen LogP contribution is -2.55. The Morgan fingerprint density at radius 3 is 2.89 bits per heavy atom. The molecule has 0 bridgehead atoms. The molecule has 0 spiro atoms. The van der Waals surface area contributed by atoms with Gasteiger partial charge in [0.25, 0.3) is 0 Å². The summed E-state index contributed by atoms with van der Waals surface area (Å²) in [6, 6.07) is -0.229. The number of piperazine rings is 1. The van der Waals surface area contributed by atoms with Crippen LogP contribution in [0.25, 0.3) is 0 Å². The summed E-state index contributed by atoms with van der Waals surface area (Å²) in [4.78, 5) is 28.1. The van der Waals surface area contributed by atoms with Gasteiger partial charge in [-0.05, 0) is 13.3 Å². The third-order valence-corrected chi connectivity index (χ3v) is 5.66. The normalized spacial score (nSPS) is 36.1. The largest absolute Gasteiger partial charge is 0.338 e. The molecule has 3 aliphatic heterocycles. The molecular weight excluding hydrogens is 250 g/mol. The minimum absolute atomic E-state index is 0.133. The van der Waals surface area contributed by atoms with Crippen molar-refractivity contribution in [1.29, 1.82) is 0 Å². The van der Waals surface area contributed by atoms with Crippen LogP contribution < -0.4 is 5.32 Å². The highest BCUT2D eigenvalue weighted by Crippen LogP contribution is 2.47. The van der Waals surface area contributed by atoms with Gasteiger partial charge in [0, 0.05) is 38.4 Å². The Morgan fingerprint density at radius 1 is 1.44 bits per heavy atom. The molecule has 6 heteroatoms. The fourth-order valence-corrected chi connectivity index (χ4v) is 4.52. The smallest absolute Gasteiger partial charge is 0.246 e. The zero-order valence-corrected chi connectivity index (χ0v) is 11.5. The van der Waals surface area contributed by atoms with Gasteiger partial charge in [-0.2, -0.15) is 0 Å². The van der Waals surface area contributed by atoms with Crippen LogP contribution >= 0.6 is 11.8 Å². The Bertz CT molecular complexity index is 384. The van der Waals surface area contributed by atoms with Crippen LogP contribution in [0.2, 0.25) is 0 Å². The SMILES string of the molecule is CC12CCC(=O)N1C(C(=O)N1CCNCC1)CS2. The van der Waals surface area contributed by atoms with Gasteiger partial charge in [0.2, 0.25) is 11.8 Å². The molecule has 18 heavy (non-hydrogen) atoms. The van der Waals surface area contributed by atoms with E-state index in [2.05, 4.69) is 12.2 Å². The molecule has 3 rings (SSSR count). The lowest BCUT2D eigenvalue weighted by molar-refractivity contribution is -0.144. The fourth-order valence-electron chi connectivity index (χ4n) is 3.10. The molecule has 0 aromatic heterocycles. The van der Waals surface area contributed by atoms with Crippen LogP contribution in [0.15, 0.2) is 0 Å². The van der Waals surface area contributed by atoms with Crippen LogP contribution in [-0.2, 0) is 9.59 Å². The van der Waals surface area contributed by atoms with E-state index >= 15 is 0 Å². The number of hydrogen-bond donors (Lipinski definition) is 1. The van der Waals surface area contributed by atoms with E-state index in [4.69, 9.17) is 0 Å². The number of carbonyl (C=O) groups excluding carboxylic acids is 2. The van der Waals surface area contributed by atoms with Crippen LogP contribution in [0.3, 0.4) is 0 Å². The summed E-state index contributed by atoms with van der Waals surface area (Å²) < 4.78 is 0. The molecule has 0 radical (unpaired) electrons. The van der Waals surface area contributed by atoms with E-state index in [0.717, 1.165) is 38.4 Å². The van der Waals surface area contributed by atoms with Crippen molar-refractivity contribution in [3.8, 4) is 0 Å². The molecule has 3 fully saturated rings. The summed E-state index contributed by atoms with van der Waals surface area (Å²) in [5.74, 6) is 1.05. The van der Waals surface area contributed by atoms with Crippen molar-refractivity contribution >= 4 is 23.6 Å². The maximum absolute atomic E-state index is 12.5. The van der Waals surface area contributed by atoms with Gasteiger partial charge in [-0.15, -0.1) is 11.8 Å². The van der Waals surface area contributed by atoms with Gasteiger partial charge >= 0.3 is 0 Å². The second kappa shape index (κ2) is 4.42.